The highest BCUT2D eigenvalue weighted by Crippen LogP contribution is 2.38. The molecule has 0 aliphatic heterocycles. The lowest BCUT2D eigenvalue weighted by Gasteiger charge is -2.29. The summed E-state index contributed by atoms with van der Waals surface area (Å²) in [5.74, 6) is 1.68. The van der Waals surface area contributed by atoms with Gasteiger partial charge in [-0.05, 0) is 84.6 Å². The van der Waals surface area contributed by atoms with E-state index in [4.69, 9.17) is 4.18 Å². The van der Waals surface area contributed by atoms with Gasteiger partial charge in [0.25, 0.3) is 10.1 Å². The third-order valence-corrected chi connectivity index (χ3v) is 7.81. The zero-order valence-electron chi connectivity index (χ0n) is 20.8. The van der Waals surface area contributed by atoms with Crippen molar-refractivity contribution < 1.29 is 12.6 Å². The Labute approximate surface area is 202 Å². The Morgan fingerprint density at radius 3 is 2.27 bits per heavy atom. The fraction of sp³-hybridized carbons (Fsp3) is 0.586. The highest BCUT2D eigenvalue weighted by Gasteiger charge is 2.22. The SMILES string of the molecule is CCCCCC1CCC(c2ccc(-c3ccc(CCCOS(C)(=O)=O)cc3CC)cc2)CC1. The van der Waals surface area contributed by atoms with E-state index >= 15 is 0 Å². The molecule has 0 spiro atoms. The van der Waals surface area contributed by atoms with Crippen molar-refractivity contribution in [3.05, 3.63) is 59.2 Å². The second-order valence-corrected chi connectivity index (χ2v) is 11.5. The summed E-state index contributed by atoms with van der Waals surface area (Å²) >= 11 is 0. The Morgan fingerprint density at radius 1 is 0.909 bits per heavy atom. The summed E-state index contributed by atoms with van der Waals surface area (Å²) in [5, 5.41) is 0. The number of aryl methyl sites for hydroxylation is 2. The molecule has 182 valence electrons. The lowest BCUT2D eigenvalue weighted by Crippen LogP contribution is -2.13. The van der Waals surface area contributed by atoms with E-state index in [-0.39, 0.29) is 6.61 Å². The van der Waals surface area contributed by atoms with Gasteiger partial charge >= 0.3 is 0 Å². The van der Waals surface area contributed by atoms with Crippen LogP contribution in [-0.4, -0.2) is 21.3 Å². The number of rotatable bonds is 12. The van der Waals surface area contributed by atoms with Gasteiger partial charge in [-0.2, -0.15) is 8.42 Å². The van der Waals surface area contributed by atoms with Gasteiger partial charge in [-0.1, -0.05) is 82.0 Å². The van der Waals surface area contributed by atoms with Crippen molar-refractivity contribution in [3.63, 3.8) is 0 Å². The molecule has 0 atom stereocenters. The third kappa shape index (κ3) is 8.26. The first kappa shape index (κ1) is 26.0. The monoisotopic (exact) mass is 470 g/mol. The molecule has 0 unspecified atom stereocenters. The number of benzene rings is 2. The molecule has 3 nitrogen and oxygen atoms in total. The van der Waals surface area contributed by atoms with Crippen LogP contribution in [0.2, 0.25) is 0 Å². The minimum absolute atomic E-state index is 0.240. The van der Waals surface area contributed by atoms with Crippen LogP contribution in [-0.2, 0) is 27.1 Å². The summed E-state index contributed by atoms with van der Waals surface area (Å²) in [6.45, 7) is 4.73. The Hall–Kier alpha value is -1.65. The predicted molar refractivity (Wildman–Crippen MR) is 139 cm³/mol. The van der Waals surface area contributed by atoms with Crippen LogP contribution in [0.1, 0.15) is 94.2 Å². The lowest BCUT2D eigenvalue weighted by atomic mass is 9.77. The molecule has 0 N–H and O–H groups in total. The molecule has 0 radical (unpaired) electrons. The summed E-state index contributed by atoms with van der Waals surface area (Å²) < 4.78 is 27.1. The van der Waals surface area contributed by atoms with Gasteiger partial charge in [0.05, 0.1) is 12.9 Å². The van der Waals surface area contributed by atoms with Crippen LogP contribution in [0.25, 0.3) is 11.1 Å². The molecule has 0 heterocycles. The first-order valence-corrected chi connectivity index (χ1v) is 14.8. The van der Waals surface area contributed by atoms with Crippen molar-refractivity contribution in [3.8, 4) is 11.1 Å². The Balaban J connectivity index is 1.57. The second-order valence-electron chi connectivity index (χ2n) is 9.81. The molecule has 1 aliphatic rings. The molecule has 3 rings (SSSR count). The fourth-order valence-corrected chi connectivity index (χ4v) is 5.69. The smallest absolute Gasteiger partial charge is 0.264 e. The molecular formula is C29H42O3S. The highest BCUT2D eigenvalue weighted by atomic mass is 32.2. The first-order chi connectivity index (χ1) is 15.9. The van der Waals surface area contributed by atoms with Crippen LogP contribution in [0, 0.1) is 5.92 Å². The Bertz CT molecular complexity index is 955. The molecule has 2 aromatic rings. The second kappa shape index (κ2) is 12.7. The molecule has 1 aliphatic carbocycles. The largest absolute Gasteiger partial charge is 0.270 e. The van der Waals surface area contributed by atoms with E-state index in [0.29, 0.717) is 6.42 Å². The minimum Gasteiger partial charge on any atom is -0.270 e. The van der Waals surface area contributed by atoms with E-state index in [1.54, 1.807) is 0 Å². The van der Waals surface area contributed by atoms with E-state index in [9.17, 15) is 8.42 Å². The van der Waals surface area contributed by atoms with E-state index in [1.807, 2.05) is 0 Å². The van der Waals surface area contributed by atoms with Crippen LogP contribution in [0.3, 0.4) is 0 Å². The maximum Gasteiger partial charge on any atom is 0.264 e. The molecule has 33 heavy (non-hydrogen) atoms. The summed E-state index contributed by atoms with van der Waals surface area (Å²) in [6.07, 6.45) is 14.6. The number of unbranched alkanes of at least 4 members (excludes halogenated alkanes) is 2. The molecule has 0 amide bonds. The Kier molecular flexibility index (Phi) is 10.0. The van der Waals surface area contributed by atoms with Gasteiger partial charge in [-0.15, -0.1) is 0 Å². The minimum atomic E-state index is -3.35. The maximum atomic E-state index is 11.1. The summed E-state index contributed by atoms with van der Waals surface area (Å²) in [6, 6.07) is 16.0. The van der Waals surface area contributed by atoms with Crippen LogP contribution in [0.15, 0.2) is 42.5 Å². The third-order valence-electron chi connectivity index (χ3n) is 7.21. The van der Waals surface area contributed by atoms with Crippen molar-refractivity contribution >= 4 is 10.1 Å². The Morgan fingerprint density at radius 2 is 1.64 bits per heavy atom. The van der Waals surface area contributed by atoms with Crippen molar-refractivity contribution in [2.24, 2.45) is 5.92 Å². The van der Waals surface area contributed by atoms with Gasteiger partial charge in [0.2, 0.25) is 0 Å². The van der Waals surface area contributed by atoms with Gasteiger partial charge < -0.3 is 0 Å². The van der Waals surface area contributed by atoms with Crippen molar-refractivity contribution in [2.75, 3.05) is 12.9 Å². The predicted octanol–water partition coefficient (Wildman–Crippen LogP) is 7.68. The molecule has 0 bridgehead atoms. The van der Waals surface area contributed by atoms with Crippen molar-refractivity contribution in [1.82, 2.24) is 0 Å². The molecule has 2 aromatic carbocycles. The average Bonchev–Trinajstić information content (AvgIpc) is 2.82. The normalized spacial score (nSPS) is 19.0. The van der Waals surface area contributed by atoms with E-state index in [0.717, 1.165) is 30.9 Å². The van der Waals surface area contributed by atoms with Gasteiger partial charge in [-0.25, -0.2) is 0 Å². The van der Waals surface area contributed by atoms with E-state index in [2.05, 4.69) is 56.3 Å². The number of hydrogen-bond donors (Lipinski definition) is 0. The van der Waals surface area contributed by atoms with Gasteiger partial charge in [0.15, 0.2) is 0 Å². The molecule has 0 aromatic heterocycles. The summed E-state index contributed by atoms with van der Waals surface area (Å²) in [7, 11) is -3.35. The first-order valence-electron chi connectivity index (χ1n) is 13.0. The number of hydrogen-bond acceptors (Lipinski definition) is 3. The van der Waals surface area contributed by atoms with Gasteiger partial charge in [0, 0.05) is 0 Å². The maximum absolute atomic E-state index is 11.1. The lowest BCUT2D eigenvalue weighted by molar-refractivity contribution is 0.303. The average molecular weight is 471 g/mol. The van der Waals surface area contributed by atoms with Gasteiger partial charge in [0.1, 0.15) is 0 Å². The van der Waals surface area contributed by atoms with Crippen molar-refractivity contribution in [2.45, 2.75) is 90.4 Å². The van der Waals surface area contributed by atoms with E-state index < -0.39 is 10.1 Å². The standard InChI is InChI=1S/C29H42O3S/c1-4-6-7-9-23-11-14-26(15-12-23)27-16-18-28(19-17-27)29-20-13-24(22-25(29)5-2)10-8-21-32-33(3,30)31/h13,16-20,22-23,26H,4-12,14-15,21H2,1-3H3. The van der Waals surface area contributed by atoms with Gasteiger partial charge in [-0.3, -0.25) is 4.18 Å². The van der Waals surface area contributed by atoms with E-state index in [1.165, 1.54) is 79.2 Å². The van der Waals surface area contributed by atoms with Crippen LogP contribution < -0.4 is 0 Å². The topological polar surface area (TPSA) is 43.4 Å². The summed E-state index contributed by atoms with van der Waals surface area (Å²) in [4.78, 5) is 0. The van der Waals surface area contributed by atoms with Crippen LogP contribution in [0.4, 0.5) is 0 Å². The molecule has 1 saturated carbocycles. The highest BCUT2D eigenvalue weighted by molar-refractivity contribution is 7.85. The quantitative estimate of drug-likeness (QED) is 0.236. The van der Waals surface area contributed by atoms with Crippen molar-refractivity contribution in [1.29, 1.82) is 0 Å². The van der Waals surface area contributed by atoms with Crippen LogP contribution in [0.5, 0.6) is 0 Å². The molecule has 4 heteroatoms. The zero-order chi connectivity index (χ0) is 23.7. The fourth-order valence-electron chi connectivity index (χ4n) is 5.27. The molecule has 0 saturated heterocycles. The summed E-state index contributed by atoms with van der Waals surface area (Å²) in [5.41, 5.74) is 6.68. The molecular weight excluding hydrogens is 428 g/mol. The molecule has 1 fully saturated rings. The van der Waals surface area contributed by atoms with Crippen LogP contribution >= 0.6 is 0 Å². The zero-order valence-corrected chi connectivity index (χ0v) is 21.6.